The summed E-state index contributed by atoms with van der Waals surface area (Å²) in [7, 11) is 3.26. The molecule has 0 unspecified atom stereocenters. The Balaban J connectivity index is 0.000000210. The summed E-state index contributed by atoms with van der Waals surface area (Å²) in [6.07, 6.45) is 3.97. The molecule has 7 nitrogen and oxygen atoms in total. The van der Waals surface area contributed by atoms with Crippen LogP contribution in [0.1, 0.15) is 36.2 Å². The molecule has 0 aliphatic carbocycles. The molecule has 1 aliphatic heterocycles. The summed E-state index contributed by atoms with van der Waals surface area (Å²) in [5, 5.41) is 4.44. The van der Waals surface area contributed by atoms with Crippen molar-refractivity contribution < 1.29 is 14.3 Å². The number of carbonyl (C=O) groups excluding carboxylic acids is 2. The number of aromatic nitrogens is 2. The van der Waals surface area contributed by atoms with E-state index in [1.165, 1.54) is 12.7 Å². The lowest BCUT2D eigenvalue weighted by Crippen LogP contribution is -2.40. The van der Waals surface area contributed by atoms with E-state index in [0.717, 1.165) is 29.8 Å². The predicted octanol–water partition coefficient (Wildman–Crippen LogP) is 3.83. The Kier molecular flexibility index (Phi) is 6.74. The maximum atomic E-state index is 11.8. The van der Waals surface area contributed by atoms with Crippen molar-refractivity contribution in [2.45, 2.75) is 32.7 Å². The van der Waals surface area contributed by atoms with Crippen molar-refractivity contribution in [3.8, 4) is 11.3 Å². The van der Waals surface area contributed by atoms with Crippen molar-refractivity contribution in [3.05, 3.63) is 65.9 Å². The van der Waals surface area contributed by atoms with Crippen LogP contribution >= 0.6 is 0 Å². The van der Waals surface area contributed by atoms with Crippen LogP contribution in [0.4, 0.5) is 11.4 Å². The number of rotatable bonds is 2. The molecule has 7 heteroatoms. The average Bonchev–Trinajstić information content (AvgIpc) is 3.19. The molecule has 0 saturated carbocycles. The summed E-state index contributed by atoms with van der Waals surface area (Å²) >= 11 is 0. The van der Waals surface area contributed by atoms with Crippen LogP contribution in [0.25, 0.3) is 11.3 Å². The first kappa shape index (κ1) is 22.1. The largest absolute Gasteiger partial charge is 0.465 e. The van der Waals surface area contributed by atoms with Crippen molar-refractivity contribution in [1.29, 1.82) is 0 Å². The van der Waals surface area contributed by atoms with Crippen molar-refractivity contribution in [2.24, 2.45) is 7.05 Å². The van der Waals surface area contributed by atoms with E-state index in [1.54, 1.807) is 35.9 Å². The molecule has 0 fully saturated rings. The van der Waals surface area contributed by atoms with Crippen molar-refractivity contribution in [2.75, 3.05) is 17.7 Å². The second-order valence-corrected chi connectivity index (χ2v) is 7.61. The maximum Gasteiger partial charge on any atom is 0.337 e. The van der Waals surface area contributed by atoms with Crippen LogP contribution < -0.4 is 10.6 Å². The van der Waals surface area contributed by atoms with Gasteiger partial charge in [0, 0.05) is 43.1 Å². The molecule has 1 aromatic heterocycles. The van der Waals surface area contributed by atoms with E-state index in [0.29, 0.717) is 11.3 Å². The van der Waals surface area contributed by atoms with Gasteiger partial charge < -0.3 is 15.4 Å². The minimum Gasteiger partial charge on any atom is -0.465 e. The van der Waals surface area contributed by atoms with E-state index in [-0.39, 0.29) is 17.9 Å². The van der Waals surface area contributed by atoms with Crippen molar-refractivity contribution >= 4 is 23.3 Å². The predicted molar refractivity (Wildman–Crippen MR) is 122 cm³/mol. The Bertz CT molecular complexity index is 1070. The van der Waals surface area contributed by atoms with Crippen LogP contribution in [0.3, 0.4) is 0 Å². The Labute approximate surface area is 182 Å². The highest BCUT2D eigenvalue weighted by Gasteiger charge is 2.26. The smallest absolute Gasteiger partial charge is 0.337 e. The molecule has 2 heterocycles. The van der Waals surface area contributed by atoms with Gasteiger partial charge in [-0.25, -0.2) is 4.79 Å². The second kappa shape index (κ2) is 9.47. The zero-order chi connectivity index (χ0) is 22.5. The van der Waals surface area contributed by atoms with Gasteiger partial charge in [-0.1, -0.05) is 6.07 Å². The number of anilines is 2. The monoisotopic (exact) mass is 420 g/mol. The molecule has 3 aromatic rings. The fourth-order valence-corrected chi connectivity index (χ4v) is 3.70. The van der Waals surface area contributed by atoms with Gasteiger partial charge in [0.15, 0.2) is 0 Å². The molecular formula is C24H28N4O3. The summed E-state index contributed by atoms with van der Waals surface area (Å²) in [4.78, 5) is 24.6. The number of aryl methyl sites for hydroxylation is 2. The molecule has 2 aromatic carbocycles. The highest BCUT2D eigenvalue weighted by atomic mass is 16.5. The lowest BCUT2D eigenvalue weighted by atomic mass is 9.94. The molecule has 0 radical (unpaired) electrons. The van der Waals surface area contributed by atoms with Gasteiger partial charge in [0.25, 0.3) is 0 Å². The van der Waals surface area contributed by atoms with E-state index >= 15 is 0 Å². The van der Waals surface area contributed by atoms with Crippen LogP contribution in [-0.4, -0.2) is 34.8 Å². The molecule has 0 bridgehead atoms. The van der Waals surface area contributed by atoms with Gasteiger partial charge in [0.1, 0.15) is 0 Å². The highest BCUT2D eigenvalue weighted by Crippen LogP contribution is 2.33. The van der Waals surface area contributed by atoms with Gasteiger partial charge in [-0.2, -0.15) is 5.10 Å². The first-order valence-corrected chi connectivity index (χ1v) is 10.2. The second-order valence-electron chi connectivity index (χ2n) is 7.61. The van der Waals surface area contributed by atoms with Gasteiger partial charge in [0.2, 0.25) is 5.91 Å². The van der Waals surface area contributed by atoms with Crippen LogP contribution in [0.15, 0.2) is 54.7 Å². The maximum absolute atomic E-state index is 11.8. The first-order chi connectivity index (χ1) is 14.8. The summed E-state index contributed by atoms with van der Waals surface area (Å²) in [5.41, 5.74) is 10.9. The van der Waals surface area contributed by atoms with E-state index in [4.69, 9.17) is 5.73 Å². The number of hydrogen-bond donors (Lipinski definition) is 1. The molecule has 0 spiro atoms. The summed E-state index contributed by atoms with van der Waals surface area (Å²) in [6, 6.07) is 15.1. The number of nitrogens with two attached hydrogens (primary N) is 1. The van der Waals surface area contributed by atoms with E-state index < -0.39 is 0 Å². The normalized spacial score (nSPS) is 14.8. The van der Waals surface area contributed by atoms with E-state index in [9.17, 15) is 9.59 Å². The third kappa shape index (κ3) is 5.12. The fourth-order valence-electron chi connectivity index (χ4n) is 3.70. The SMILES string of the molecule is CC(=O)N1c2ccc(-c3ccn(C)n3)cc2CC[C@@H]1C.COC(=O)c1ccc(N)cc1. The molecule has 4 rings (SSSR count). The number of methoxy groups -OCH3 is 1. The molecule has 0 saturated heterocycles. The molecule has 1 aliphatic rings. The van der Waals surface area contributed by atoms with Gasteiger partial charge in [-0.3, -0.25) is 9.48 Å². The lowest BCUT2D eigenvalue weighted by molar-refractivity contribution is -0.117. The van der Waals surface area contributed by atoms with E-state index in [1.807, 2.05) is 24.2 Å². The zero-order valence-electron chi connectivity index (χ0n) is 18.3. The van der Waals surface area contributed by atoms with Gasteiger partial charge >= 0.3 is 5.97 Å². The number of amides is 1. The van der Waals surface area contributed by atoms with Crippen LogP contribution in [-0.2, 0) is 23.0 Å². The number of fused-ring (bicyclic) bond motifs is 1. The molecule has 1 amide bonds. The number of esters is 1. The number of nitrogen functional groups attached to an aromatic ring is 1. The van der Waals surface area contributed by atoms with Crippen molar-refractivity contribution in [3.63, 3.8) is 0 Å². The number of ether oxygens (including phenoxy) is 1. The quantitative estimate of drug-likeness (QED) is 0.503. The average molecular weight is 421 g/mol. The van der Waals surface area contributed by atoms with Crippen LogP contribution in [0.5, 0.6) is 0 Å². The fraction of sp³-hybridized carbons (Fsp3) is 0.292. The van der Waals surface area contributed by atoms with Gasteiger partial charge in [0.05, 0.1) is 18.4 Å². The first-order valence-electron chi connectivity index (χ1n) is 10.2. The molecule has 2 N–H and O–H groups in total. The summed E-state index contributed by atoms with van der Waals surface area (Å²) in [5.74, 6) is -0.228. The number of hydrogen-bond acceptors (Lipinski definition) is 5. The van der Waals surface area contributed by atoms with Gasteiger partial charge in [-0.05, 0) is 67.8 Å². The highest BCUT2D eigenvalue weighted by molar-refractivity contribution is 5.94. The summed E-state index contributed by atoms with van der Waals surface area (Å²) < 4.78 is 6.30. The number of nitrogens with zero attached hydrogens (tertiary/aromatic N) is 3. The Morgan fingerprint density at radius 2 is 1.84 bits per heavy atom. The third-order valence-corrected chi connectivity index (χ3v) is 5.29. The molecule has 162 valence electrons. The zero-order valence-corrected chi connectivity index (χ0v) is 18.3. The van der Waals surface area contributed by atoms with Crippen LogP contribution in [0.2, 0.25) is 0 Å². The minimum absolute atomic E-state index is 0.115. The number of benzene rings is 2. The van der Waals surface area contributed by atoms with Crippen molar-refractivity contribution in [1.82, 2.24) is 9.78 Å². The number of carbonyl (C=O) groups is 2. The Hall–Kier alpha value is -3.61. The van der Waals surface area contributed by atoms with E-state index in [2.05, 4.69) is 35.0 Å². The standard InChI is InChI=1S/C16H19N3O.C8H9NO2/c1-11-4-5-14-10-13(15-8-9-18(3)17-15)6-7-16(14)19(11)12(2)20;1-11-8(10)6-2-4-7(9)5-3-6/h6-11H,4-5H2,1-3H3;2-5H,9H2,1H3/t11-;/m0./s1. The molecule has 31 heavy (non-hydrogen) atoms. The van der Waals surface area contributed by atoms with Gasteiger partial charge in [-0.15, -0.1) is 0 Å². The van der Waals surface area contributed by atoms with Crippen LogP contribution in [0, 0.1) is 0 Å². The molecule has 1 atom stereocenters. The Morgan fingerprint density at radius 3 is 2.42 bits per heavy atom. The minimum atomic E-state index is -0.343. The summed E-state index contributed by atoms with van der Waals surface area (Å²) in [6.45, 7) is 3.75. The lowest BCUT2D eigenvalue weighted by Gasteiger charge is -2.34. The topological polar surface area (TPSA) is 90.5 Å². The Morgan fingerprint density at radius 1 is 1.13 bits per heavy atom. The third-order valence-electron chi connectivity index (χ3n) is 5.29. The molecular weight excluding hydrogens is 392 g/mol.